The van der Waals surface area contributed by atoms with Crippen LogP contribution in [-0.2, 0) is 16.1 Å². The largest absolute Gasteiger partial charge is 0.490 e. The molecule has 2 N–H and O–H groups in total. The molecule has 2 saturated carbocycles. The molecule has 2 aliphatic rings. The number of ether oxygens (including phenoxy) is 1. The van der Waals surface area contributed by atoms with Crippen molar-refractivity contribution >= 4 is 11.9 Å². The second-order valence-electron chi connectivity index (χ2n) is 5.78. The monoisotopic (exact) mass is 289 g/mol. The van der Waals surface area contributed by atoms with E-state index in [2.05, 4.69) is 5.32 Å². The molecule has 5 nitrogen and oxygen atoms in total. The van der Waals surface area contributed by atoms with Crippen LogP contribution < -0.4 is 10.1 Å². The summed E-state index contributed by atoms with van der Waals surface area (Å²) < 4.78 is 5.90. The standard InChI is InChI=1S/C16H19NO4/c18-15(12-8-13(12)16(19)20)17-9-10-4-1-2-7-14(10)21-11-5-3-6-11/h1-2,4,7,11-13H,3,5-6,8-9H2,(H,17,18)(H,19,20)/t12-,13+/m1/s1. The zero-order valence-corrected chi connectivity index (χ0v) is 11.7. The van der Waals surface area contributed by atoms with Crippen molar-refractivity contribution in [1.29, 1.82) is 0 Å². The zero-order chi connectivity index (χ0) is 14.8. The van der Waals surface area contributed by atoms with Crippen molar-refractivity contribution < 1.29 is 19.4 Å². The van der Waals surface area contributed by atoms with Gasteiger partial charge in [0.05, 0.1) is 17.9 Å². The van der Waals surface area contributed by atoms with Gasteiger partial charge in [-0.2, -0.15) is 0 Å². The lowest BCUT2D eigenvalue weighted by atomic mass is 9.96. The van der Waals surface area contributed by atoms with Crippen LogP contribution in [0.25, 0.3) is 0 Å². The van der Waals surface area contributed by atoms with Crippen molar-refractivity contribution in [2.75, 3.05) is 0 Å². The summed E-state index contributed by atoms with van der Waals surface area (Å²) in [6, 6.07) is 7.67. The van der Waals surface area contributed by atoms with Crippen molar-refractivity contribution in [3.05, 3.63) is 29.8 Å². The number of rotatable bonds is 6. The van der Waals surface area contributed by atoms with Crippen molar-refractivity contribution in [2.45, 2.75) is 38.3 Å². The Kier molecular flexibility index (Phi) is 3.82. The summed E-state index contributed by atoms with van der Waals surface area (Å²) >= 11 is 0. The maximum absolute atomic E-state index is 11.9. The topological polar surface area (TPSA) is 75.6 Å². The van der Waals surface area contributed by atoms with Gasteiger partial charge in [0, 0.05) is 12.1 Å². The molecule has 112 valence electrons. The normalized spacial score (nSPS) is 24.0. The summed E-state index contributed by atoms with van der Waals surface area (Å²) in [5.41, 5.74) is 0.935. The Morgan fingerprint density at radius 3 is 2.62 bits per heavy atom. The van der Waals surface area contributed by atoms with Gasteiger partial charge in [0.15, 0.2) is 0 Å². The van der Waals surface area contributed by atoms with E-state index in [0.29, 0.717) is 19.1 Å². The number of nitrogens with one attached hydrogen (secondary N) is 1. The van der Waals surface area contributed by atoms with Crippen LogP contribution in [-0.4, -0.2) is 23.1 Å². The summed E-state index contributed by atoms with van der Waals surface area (Å²) in [6.07, 6.45) is 4.12. The van der Waals surface area contributed by atoms with Gasteiger partial charge in [-0.15, -0.1) is 0 Å². The third-order valence-electron chi connectivity index (χ3n) is 4.22. The Balaban J connectivity index is 1.55. The van der Waals surface area contributed by atoms with E-state index in [0.717, 1.165) is 24.2 Å². The molecule has 2 aliphatic carbocycles. The van der Waals surface area contributed by atoms with Crippen molar-refractivity contribution in [3.63, 3.8) is 0 Å². The van der Waals surface area contributed by atoms with Crippen LogP contribution in [0.4, 0.5) is 0 Å². The molecule has 1 aromatic carbocycles. The molecule has 21 heavy (non-hydrogen) atoms. The molecule has 1 aromatic rings. The molecule has 0 saturated heterocycles. The van der Waals surface area contributed by atoms with Crippen LogP contribution in [0, 0.1) is 11.8 Å². The molecule has 0 heterocycles. The van der Waals surface area contributed by atoms with Gasteiger partial charge >= 0.3 is 5.97 Å². The Bertz CT molecular complexity index is 553. The molecule has 2 atom stereocenters. The van der Waals surface area contributed by atoms with E-state index >= 15 is 0 Å². The minimum Gasteiger partial charge on any atom is -0.490 e. The van der Waals surface area contributed by atoms with E-state index in [1.54, 1.807) is 0 Å². The van der Waals surface area contributed by atoms with Crippen molar-refractivity contribution in [1.82, 2.24) is 5.32 Å². The Hall–Kier alpha value is -2.04. The first-order valence-electron chi connectivity index (χ1n) is 7.40. The third kappa shape index (κ3) is 3.17. The summed E-state index contributed by atoms with van der Waals surface area (Å²) in [6.45, 7) is 0.380. The molecular formula is C16H19NO4. The molecule has 0 spiro atoms. The van der Waals surface area contributed by atoms with Crippen LogP contribution in [0.3, 0.4) is 0 Å². The molecule has 5 heteroatoms. The molecule has 0 aliphatic heterocycles. The van der Waals surface area contributed by atoms with Gasteiger partial charge < -0.3 is 15.2 Å². The fraction of sp³-hybridized carbons (Fsp3) is 0.500. The number of para-hydroxylation sites is 1. The third-order valence-corrected chi connectivity index (χ3v) is 4.22. The highest BCUT2D eigenvalue weighted by atomic mass is 16.5. The smallest absolute Gasteiger partial charge is 0.307 e. The number of amides is 1. The van der Waals surface area contributed by atoms with Gasteiger partial charge in [0.1, 0.15) is 5.75 Å². The molecule has 3 rings (SSSR count). The lowest BCUT2D eigenvalue weighted by Gasteiger charge is -2.27. The first-order valence-corrected chi connectivity index (χ1v) is 7.40. The summed E-state index contributed by atoms with van der Waals surface area (Å²) in [7, 11) is 0. The number of aliphatic carboxylic acids is 1. The number of benzene rings is 1. The van der Waals surface area contributed by atoms with E-state index in [1.165, 1.54) is 6.42 Å². The Morgan fingerprint density at radius 1 is 1.24 bits per heavy atom. The minimum atomic E-state index is -0.885. The van der Waals surface area contributed by atoms with E-state index in [4.69, 9.17) is 9.84 Å². The van der Waals surface area contributed by atoms with E-state index in [-0.39, 0.29) is 11.8 Å². The molecular weight excluding hydrogens is 270 g/mol. The highest BCUT2D eigenvalue weighted by molar-refractivity contribution is 5.89. The maximum Gasteiger partial charge on any atom is 0.307 e. The predicted octanol–water partition coefficient (Wildman–Crippen LogP) is 1.95. The lowest BCUT2D eigenvalue weighted by molar-refractivity contribution is -0.140. The first kappa shape index (κ1) is 13.9. The highest BCUT2D eigenvalue weighted by Gasteiger charge is 2.48. The average molecular weight is 289 g/mol. The fourth-order valence-electron chi connectivity index (χ4n) is 2.50. The Morgan fingerprint density at radius 2 is 2.00 bits per heavy atom. The van der Waals surface area contributed by atoms with Crippen molar-refractivity contribution in [2.24, 2.45) is 11.8 Å². The number of carboxylic acids is 1. The average Bonchev–Trinajstić information content (AvgIpc) is 3.22. The quantitative estimate of drug-likeness (QED) is 0.839. The zero-order valence-electron chi connectivity index (χ0n) is 11.7. The van der Waals surface area contributed by atoms with Gasteiger partial charge in [-0.25, -0.2) is 0 Å². The first-order chi connectivity index (χ1) is 10.1. The van der Waals surface area contributed by atoms with Crippen molar-refractivity contribution in [3.8, 4) is 5.75 Å². The second-order valence-corrected chi connectivity index (χ2v) is 5.78. The predicted molar refractivity (Wildman–Crippen MR) is 75.8 cm³/mol. The summed E-state index contributed by atoms with van der Waals surface area (Å²) in [5, 5.41) is 11.6. The number of hydrogen-bond donors (Lipinski definition) is 2. The van der Waals surface area contributed by atoms with Crippen LogP contribution >= 0.6 is 0 Å². The van der Waals surface area contributed by atoms with E-state index in [1.807, 2.05) is 24.3 Å². The highest BCUT2D eigenvalue weighted by Crippen LogP contribution is 2.38. The second kappa shape index (κ2) is 5.76. The fourth-order valence-corrected chi connectivity index (χ4v) is 2.50. The maximum atomic E-state index is 11.9. The van der Waals surface area contributed by atoms with Crippen LogP contribution in [0.2, 0.25) is 0 Å². The summed E-state index contributed by atoms with van der Waals surface area (Å²) in [5.74, 6) is -1.13. The number of hydrogen-bond acceptors (Lipinski definition) is 3. The molecule has 0 unspecified atom stereocenters. The Labute approximate surface area is 123 Å². The van der Waals surface area contributed by atoms with Crippen LogP contribution in [0.15, 0.2) is 24.3 Å². The van der Waals surface area contributed by atoms with E-state index < -0.39 is 11.9 Å². The van der Waals surface area contributed by atoms with Crippen LogP contribution in [0.5, 0.6) is 5.75 Å². The number of carbonyl (C=O) groups is 2. The SMILES string of the molecule is O=C(O)[C@H]1C[C@H]1C(=O)NCc1ccccc1OC1CCC1. The van der Waals surface area contributed by atoms with E-state index in [9.17, 15) is 9.59 Å². The molecule has 0 radical (unpaired) electrons. The van der Waals surface area contributed by atoms with Gasteiger partial charge in [-0.1, -0.05) is 18.2 Å². The van der Waals surface area contributed by atoms with Gasteiger partial charge in [0.25, 0.3) is 0 Å². The molecule has 0 aromatic heterocycles. The lowest BCUT2D eigenvalue weighted by Crippen LogP contribution is -2.28. The number of carboxylic acid groups (broad SMARTS) is 1. The van der Waals surface area contributed by atoms with Gasteiger partial charge in [-0.05, 0) is 31.7 Å². The molecule has 0 bridgehead atoms. The summed E-state index contributed by atoms with van der Waals surface area (Å²) in [4.78, 5) is 22.6. The van der Waals surface area contributed by atoms with Crippen LogP contribution in [0.1, 0.15) is 31.2 Å². The number of carbonyl (C=O) groups excluding carboxylic acids is 1. The molecule has 2 fully saturated rings. The van der Waals surface area contributed by atoms with Gasteiger partial charge in [0.2, 0.25) is 5.91 Å². The van der Waals surface area contributed by atoms with Gasteiger partial charge in [-0.3, -0.25) is 9.59 Å². The molecule has 1 amide bonds. The minimum absolute atomic E-state index is 0.180.